The maximum absolute atomic E-state index is 12.3. The molecular weight excluding hydrogens is 382 g/mol. The van der Waals surface area contributed by atoms with Crippen molar-refractivity contribution in [3.63, 3.8) is 0 Å². The first-order valence-corrected chi connectivity index (χ1v) is 10.2. The first-order valence-electron chi connectivity index (χ1n) is 9.41. The summed E-state index contributed by atoms with van der Waals surface area (Å²) in [5.41, 5.74) is 2.88. The molecule has 1 unspecified atom stereocenters. The summed E-state index contributed by atoms with van der Waals surface area (Å²) in [5, 5.41) is 6.57. The zero-order valence-corrected chi connectivity index (χ0v) is 17.6. The molecule has 6 nitrogen and oxygen atoms in total. The van der Waals surface area contributed by atoms with Gasteiger partial charge in [-0.3, -0.25) is 0 Å². The number of hydrogen-bond donors (Lipinski definition) is 2. The second kappa shape index (κ2) is 9.93. The highest BCUT2D eigenvalue weighted by molar-refractivity contribution is 7.99. The third-order valence-electron chi connectivity index (χ3n) is 4.58. The van der Waals surface area contributed by atoms with Gasteiger partial charge in [0, 0.05) is 48.3 Å². The number of carbonyl (C=O) groups excluding carboxylic acids is 1. The summed E-state index contributed by atoms with van der Waals surface area (Å²) in [6.07, 6.45) is 3.44. The molecule has 2 amide bonds. The van der Waals surface area contributed by atoms with Crippen LogP contribution in [0.15, 0.2) is 77.0 Å². The second-order valence-corrected chi connectivity index (χ2v) is 7.78. The average molecular weight is 408 g/mol. The minimum atomic E-state index is -0.215. The van der Waals surface area contributed by atoms with Gasteiger partial charge in [0.15, 0.2) is 5.16 Å². The number of anilines is 2. The maximum Gasteiger partial charge on any atom is 0.319 e. The lowest BCUT2D eigenvalue weighted by atomic mass is 10.2. The lowest BCUT2D eigenvalue weighted by Crippen LogP contribution is -2.41. The predicted octanol–water partition coefficient (Wildman–Crippen LogP) is 4.58. The molecule has 0 spiro atoms. The lowest BCUT2D eigenvalue weighted by Gasteiger charge is -2.27. The van der Waals surface area contributed by atoms with Gasteiger partial charge in [-0.15, -0.1) is 0 Å². The molecule has 1 atom stereocenters. The topological polar surface area (TPSA) is 70.1 Å². The number of likely N-dealkylation sites (N-methyl/N-ethyl adjacent to an activating group) is 1. The van der Waals surface area contributed by atoms with Crippen molar-refractivity contribution in [2.24, 2.45) is 0 Å². The zero-order chi connectivity index (χ0) is 20.6. The fourth-order valence-corrected chi connectivity index (χ4v) is 3.55. The molecular formula is C22H25N5OS. The number of para-hydroxylation sites is 1. The third-order valence-corrected chi connectivity index (χ3v) is 5.46. The molecule has 3 aromatic rings. The minimum absolute atomic E-state index is 0.161. The van der Waals surface area contributed by atoms with Crippen LogP contribution in [0.5, 0.6) is 0 Å². The van der Waals surface area contributed by atoms with Gasteiger partial charge in [0.2, 0.25) is 0 Å². The van der Waals surface area contributed by atoms with Gasteiger partial charge in [0.05, 0.1) is 0 Å². The molecule has 0 aliphatic rings. The largest absolute Gasteiger partial charge is 0.370 e. The number of carbonyl (C=O) groups is 1. The van der Waals surface area contributed by atoms with E-state index in [4.69, 9.17) is 0 Å². The average Bonchev–Trinajstić information content (AvgIpc) is 2.75. The lowest BCUT2D eigenvalue weighted by molar-refractivity contribution is 0.251. The molecule has 1 heterocycles. The summed E-state index contributed by atoms with van der Waals surface area (Å²) < 4.78 is 0. The molecule has 0 saturated carbocycles. The third kappa shape index (κ3) is 5.96. The first-order chi connectivity index (χ1) is 14.0. The first kappa shape index (κ1) is 20.7. The Balaban J connectivity index is 1.52. The Labute approximate surface area is 175 Å². The van der Waals surface area contributed by atoms with Crippen molar-refractivity contribution >= 4 is 29.2 Å². The normalized spacial score (nSPS) is 11.6. The number of benzene rings is 2. The van der Waals surface area contributed by atoms with Gasteiger partial charge in [0.25, 0.3) is 0 Å². The summed E-state index contributed by atoms with van der Waals surface area (Å²) in [6.45, 7) is 4.59. The SMILES string of the molecule is Cc1cc(Sc2ncccn2)ccc1NC(=O)NCC(C)N(C)c1ccccc1. The molecule has 3 rings (SSSR count). The van der Waals surface area contributed by atoms with Crippen molar-refractivity contribution in [3.8, 4) is 0 Å². The molecule has 0 fully saturated rings. The van der Waals surface area contributed by atoms with E-state index in [0.29, 0.717) is 11.7 Å². The maximum atomic E-state index is 12.3. The Morgan fingerprint density at radius 1 is 1.10 bits per heavy atom. The summed E-state index contributed by atoms with van der Waals surface area (Å²) >= 11 is 1.49. The summed E-state index contributed by atoms with van der Waals surface area (Å²) in [5.74, 6) is 0. The number of aryl methyl sites for hydroxylation is 1. The molecule has 150 valence electrons. The smallest absolute Gasteiger partial charge is 0.319 e. The standard InChI is InChI=1S/C22H25N5OS/c1-16-14-19(29-22-23-12-7-13-24-22)10-11-20(16)26-21(28)25-15-17(2)27(3)18-8-5-4-6-9-18/h4-14,17H,15H2,1-3H3,(H2,25,26,28). The van der Waals surface area contributed by atoms with E-state index < -0.39 is 0 Å². The summed E-state index contributed by atoms with van der Waals surface area (Å²) in [7, 11) is 2.02. The van der Waals surface area contributed by atoms with Crippen molar-refractivity contribution in [3.05, 3.63) is 72.6 Å². The number of hydrogen-bond acceptors (Lipinski definition) is 5. The Kier molecular flexibility index (Phi) is 7.08. The van der Waals surface area contributed by atoms with Crippen molar-refractivity contribution in [2.45, 2.75) is 29.9 Å². The highest BCUT2D eigenvalue weighted by Crippen LogP contribution is 2.27. The van der Waals surface area contributed by atoms with Crippen LogP contribution < -0.4 is 15.5 Å². The van der Waals surface area contributed by atoms with Gasteiger partial charge < -0.3 is 15.5 Å². The number of urea groups is 1. The van der Waals surface area contributed by atoms with Gasteiger partial charge in [0.1, 0.15) is 0 Å². The Morgan fingerprint density at radius 2 is 1.83 bits per heavy atom. The molecule has 7 heteroatoms. The summed E-state index contributed by atoms with van der Waals surface area (Å²) in [6, 6.07) is 17.7. The van der Waals surface area contributed by atoms with Crippen molar-refractivity contribution < 1.29 is 4.79 Å². The minimum Gasteiger partial charge on any atom is -0.370 e. The molecule has 2 aromatic carbocycles. The van der Waals surface area contributed by atoms with E-state index in [1.54, 1.807) is 18.5 Å². The fourth-order valence-electron chi connectivity index (χ4n) is 2.74. The van der Waals surface area contributed by atoms with Crippen LogP contribution in [0.25, 0.3) is 0 Å². The Hall–Kier alpha value is -3.06. The molecule has 0 radical (unpaired) electrons. The number of nitrogens with zero attached hydrogens (tertiary/aromatic N) is 3. The highest BCUT2D eigenvalue weighted by Gasteiger charge is 2.12. The van der Waals surface area contributed by atoms with E-state index in [1.807, 2.05) is 50.4 Å². The monoisotopic (exact) mass is 407 g/mol. The Bertz CT molecular complexity index is 936. The van der Waals surface area contributed by atoms with Crippen LogP contribution in [0, 0.1) is 6.92 Å². The van der Waals surface area contributed by atoms with Gasteiger partial charge in [-0.25, -0.2) is 14.8 Å². The van der Waals surface area contributed by atoms with Crippen molar-refractivity contribution in [2.75, 3.05) is 23.8 Å². The van der Waals surface area contributed by atoms with Crippen LogP contribution in [-0.2, 0) is 0 Å². The Morgan fingerprint density at radius 3 is 2.52 bits per heavy atom. The summed E-state index contributed by atoms with van der Waals surface area (Å²) in [4.78, 5) is 23.9. The van der Waals surface area contributed by atoms with Gasteiger partial charge >= 0.3 is 6.03 Å². The quantitative estimate of drug-likeness (QED) is 0.561. The molecule has 2 N–H and O–H groups in total. The van der Waals surface area contributed by atoms with Crippen LogP contribution in [0.3, 0.4) is 0 Å². The van der Waals surface area contributed by atoms with Crippen LogP contribution in [0.1, 0.15) is 12.5 Å². The molecule has 0 saturated heterocycles. The molecule has 1 aromatic heterocycles. The van der Waals surface area contributed by atoms with E-state index in [9.17, 15) is 4.79 Å². The fraction of sp³-hybridized carbons (Fsp3) is 0.227. The number of rotatable bonds is 7. The van der Waals surface area contributed by atoms with Crippen LogP contribution >= 0.6 is 11.8 Å². The van der Waals surface area contributed by atoms with Gasteiger partial charge in [-0.05, 0) is 67.6 Å². The molecule has 29 heavy (non-hydrogen) atoms. The molecule has 0 aliphatic heterocycles. The van der Waals surface area contributed by atoms with E-state index in [0.717, 1.165) is 21.8 Å². The van der Waals surface area contributed by atoms with Crippen molar-refractivity contribution in [1.82, 2.24) is 15.3 Å². The van der Waals surface area contributed by atoms with E-state index in [2.05, 4.69) is 44.6 Å². The predicted molar refractivity (Wildman–Crippen MR) is 119 cm³/mol. The van der Waals surface area contributed by atoms with Crippen molar-refractivity contribution in [1.29, 1.82) is 0 Å². The van der Waals surface area contributed by atoms with Gasteiger partial charge in [-0.1, -0.05) is 18.2 Å². The highest BCUT2D eigenvalue weighted by atomic mass is 32.2. The van der Waals surface area contributed by atoms with Crippen LogP contribution in [-0.4, -0.2) is 35.6 Å². The van der Waals surface area contributed by atoms with Crippen LogP contribution in [0.2, 0.25) is 0 Å². The van der Waals surface area contributed by atoms with Crippen LogP contribution in [0.4, 0.5) is 16.2 Å². The van der Waals surface area contributed by atoms with E-state index in [1.165, 1.54) is 11.8 Å². The molecule has 0 bridgehead atoms. The number of nitrogens with one attached hydrogen (secondary N) is 2. The van der Waals surface area contributed by atoms with Gasteiger partial charge in [-0.2, -0.15) is 0 Å². The van der Waals surface area contributed by atoms with E-state index >= 15 is 0 Å². The number of amides is 2. The second-order valence-electron chi connectivity index (χ2n) is 6.74. The zero-order valence-electron chi connectivity index (χ0n) is 16.8. The van der Waals surface area contributed by atoms with E-state index in [-0.39, 0.29) is 12.1 Å². The number of aromatic nitrogens is 2. The molecule has 0 aliphatic carbocycles.